The van der Waals surface area contributed by atoms with Gasteiger partial charge in [0.1, 0.15) is 12.2 Å². The first-order chi connectivity index (χ1) is 12.8. The molecule has 0 unspecified atom stereocenters. The van der Waals surface area contributed by atoms with Crippen molar-refractivity contribution >= 4 is 29.1 Å². The van der Waals surface area contributed by atoms with Crippen LogP contribution in [-0.2, 0) is 11.2 Å². The van der Waals surface area contributed by atoms with Crippen LogP contribution in [0.4, 0.5) is 0 Å². The molecule has 1 aliphatic heterocycles. The molecule has 9 heteroatoms. The first-order valence-electron chi connectivity index (χ1n) is 8.93. The van der Waals surface area contributed by atoms with E-state index in [2.05, 4.69) is 5.32 Å². The number of hydrogen-bond donors (Lipinski definition) is 5. The molecule has 1 saturated heterocycles. The van der Waals surface area contributed by atoms with E-state index in [1.165, 1.54) is 0 Å². The highest BCUT2D eigenvalue weighted by molar-refractivity contribution is 6.42. The van der Waals surface area contributed by atoms with Gasteiger partial charge in [-0.05, 0) is 37.1 Å². The summed E-state index contributed by atoms with van der Waals surface area (Å²) in [6.07, 6.45) is -1.86. The third-order valence-corrected chi connectivity index (χ3v) is 5.50. The summed E-state index contributed by atoms with van der Waals surface area (Å²) in [6, 6.07) is 4.47. The van der Waals surface area contributed by atoms with E-state index in [9.17, 15) is 25.2 Å². The Kier molecular flexibility index (Phi) is 8.75. The molecule has 1 fully saturated rings. The van der Waals surface area contributed by atoms with Crippen molar-refractivity contribution in [1.82, 2.24) is 10.2 Å². The molecule has 5 N–H and O–H groups in total. The molecular formula is C18H26Cl2N2O5. The molecule has 1 amide bonds. The minimum absolute atomic E-state index is 0.117. The van der Waals surface area contributed by atoms with Crippen molar-refractivity contribution in [2.45, 2.75) is 43.6 Å². The maximum absolute atomic E-state index is 12.0. The van der Waals surface area contributed by atoms with Crippen LogP contribution >= 0.6 is 23.2 Å². The summed E-state index contributed by atoms with van der Waals surface area (Å²) in [6.45, 7) is 0.915. The molecule has 4 atom stereocenters. The second-order valence-electron chi connectivity index (χ2n) is 6.78. The molecule has 152 valence electrons. The maximum atomic E-state index is 12.0. The fourth-order valence-electron chi connectivity index (χ4n) is 3.20. The lowest BCUT2D eigenvalue weighted by molar-refractivity contribution is -0.145. The molecule has 0 radical (unpaired) electrons. The third-order valence-electron chi connectivity index (χ3n) is 4.76. The molecule has 0 saturated carbocycles. The lowest BCUT2D eigenvalue weighted by atomic mass is 9.94. The first kappa shape index (κ1) is 22.4. The molecule has 1 aromatic rings. The number of amides is 1. The second kappa shape index (κ2) is 10.6. The number of β-amino-alcohol motifs (C(OH)–C–C–N with tert-alkyl or cyclic N) is 1. The number of carbonyl (C=O) groups is 1. The molecule has 1 aliphatic rings. The number of benzene rings is 1. The molecule has 1 aromatic carbocycles. The van der Waals surface area contributed by atoms with Crippen molar-refractivity contribution < 1.29 is 25.2 Å². The van der Waals surface area contributed by atoms with Crippen LogP contribution in [0.25, 0.3) is 0 Å². The van der Waals surface area contributed by atoms with E-state index in [1.807, 2.05) is 0 Å². The predicted octanol–water partition coefficient (Wildman–Crippen LogP) is 0.191. The maximum Gasteiger partial charge on any atom is 0.224 e. The summed E-state index contributed by atoms with van der Waals surface area (Å²) in [5.41, 5.74) is 0.780. The first-order valence-corrected chi connectivity index (χ1v) is 9.68. The lowest BCUT2D eigenvalue weighted by Crippen LogP contribution is -2.62. The zero-order valence-corrected chi connectivity index (χ0v) is 16.4. The molecule has 27 heavy (non-hydrogen) atoms. The van der Waals surface area contributed by atoms with Gasteiger partial charge < -0.3 is 25.7 Å². The zero-order chi connectivity index (χ0) is 20.0. The average Bonchev–Trinajstić information content (AvgIpc) is 2.63. The number of rotatable bonds is 8. The SMILES string of the molecule is O=C(Cc1ccc(Cl)c(Cl)c1)NCCCCN1C[C@H](O)[C@@H](O)[C@H](O)[C@H]1CO. The van der Waals surface area contributed by atoms with E-state index in [-0.39, 0.29) is 25.5 Å². The van der Waals surface area contributed by atoms with E-state index in [4.69, 9.17) is 23.2 Å². The van der Waals surface area contributed by atoms with Crippen molar-refractivity contribution in [3.63, 3.8) is 0 Å². The topological polar surface area (TPSA) is 113 Å². The number of aliphatic hydroxyl groups excluding tert-OH is 4. The summed E-state index contributed by atoms with van der Waals surface area (Å²) in [4.78, 5) is 13.7. The summed E-state index contributed by atoms with van der Waals surface area (Å²) in [5.74, 6) is -0.117. The minimum atomic E-state index is -1.25. The number of nitrogens with zero attached hydrogens (tertiary/aromatic N) is 1. The Morgan fingerprint density at radius 3 is 2.56 bits per heavy atom. The van der Waals surface area contributed by atoms with Crippen molar-refractivity contribution in [3.05, 3.63) is 33.8 Å². The van der Waals surface area contributed by atoms with E-state index in [0.29, 0.717) is 36.0 Å². The molecule has 2 rings (SSSR count). The monoisotopic (exact) mass is 420 g/mol. The normalized spacial score (nSPS) is 26.1. The van der Waals surface area contributed by atoms with Crippen LogP contribution in [0.1, 0.15) is 18.4 Å². The molecular weight excluding hydrogens is 395 g/mol. The van der Waals surface area contributed by atoms with Crippen molar-refractivity contribution in [2.24, 2.45) is 0 Å². The quantitative estimate of drug-likeness (QED) is 0.383. The number of aliphatic hydroxyl groups is 4. The smallest absolute Gasteiger partial charge is 0.224 e. The Morgan fingerprint density at radius 2 is 1.89 bits per heavy atom. The Labute approximate surface area is 168 Å². The number of carbonyl (C=O) groups excluding carboxylic acids is 1. The van der Waals surface area contributed by atoms with Crippen LogP contribution in [0.5, 0.6) is 0 Å². The fourth-order valence-corrected chi connectivity index (χ4v) is 3.52. The molecule has 0 aliphatic carbocycles. The van der Waals surface area contributed by atoms with Gasteiger partial charge in [-0.1, -0.05) is 29.3 Å². The largest absolute Gasteiger partial charge is 0.395 e. The third kappa shape index (κ3) is 6.29. The molecule has 0 spiro atoms. The highest BCUT2D eigenvalue weighted by Gasteiger charge is 2.40. The van der Waals surface area contributed by atoms with Gasteiger partial charge in [0.15, 0.2) is 0 Å². The highest BCUT2D eigenvalue weighted by atomic mass is 35.5. The number of piperidine rings is 1. The highest BCUT2D eigenvalue weighted by Crippen LogP contribution is 2.23. The number of unbranched alkanes of at least 4 members (excludes halogenated alkanes) is 1. The van der Waals surface area contributed by atoms with Gasteiger partial charge in [0, 0.05) is 13.1 Å². The number of halogens is 2. The lowest BCUT2D eigenvalue weighted by Gasteiger charge is -2.43. The van der Waals surface area contributed by atoms with Gasteiger partial charge in [-0.25, -0.2) is 0 Å². The molecule has 7 nitrogen and oxygen atoms in total. The second-order valence-corrected chi connectivity index (χ2v) is 7.59. The summed E-state index contributed by atoms with van der Waals surface area (Å²) < 4.78 is 0. The number of hydrogen-bond acceptors (Lipinski definition) is 6. The van der Waals surface area contributed by atoms with Crippen LogP contribution in [0.2, 0.25) is 10.0 Å². The standard InChI is InChI=1S/C18H26Cl2N2O5/c19-12-4-3-11(7-13(12)20)8-16(25)21-5-1-2-6-22-9-15(24)18(27)17(26)14(22)10-23/h3-4,7,14-15,17-18,23-24,26-27H,1-2,5-6,8-10H2,(H,21,25)/t14-,15+,17-,18-/m1/s1. The van der Waals surface area contributed by atoms with Gasteiger partial charge in [-0.3, -0.25) is 9.69 Å². The van der Waals surface area contributed by atoms with Crippen LogP contribution in [0, 0.1) is 0 Å². The van der Waals surface area contributed by atoms with E-state index in [0.717, 1.165) is 5.56 Å². The van der Waals surface area contributed by atoms with Crippen molar-refractivity contribution in [2.75, 3.05) is 26.2 Å². The Hall–Kier alpha value is -0.930. The van der Waals surface area contributed by atoms with Crippen LogP contribution < -0.4 is 5.32 Å². The van der Waals surface area contributed by atoms with Crippen LogP contribution in [-0.4, -0.2) is 81.8 Å². The molecule has 0 bridgehead atoms. The van der Waals surface area contributed by atoms with Gasteiger partial charge in [0.2, 0.25) is 5.91 Å². The minimum Gasteiger partial charge on any atom is -0.395 e. The predicted molar refractivity (Wildman–Crippen MR) is 103 cm³/mol. The molecule has 1 heterocycles. The Bertz CT molecular complexity index is 634. The number of nitrogens with one attached hydrogen (secondary N) is 1. The summed E-state index contributed by atoms with van der Waals surface area (Å²) in [7, 11) is 0. The Morgan fingerprint density at radius 1 is 1.15 bits per heavy atom. The van der Waals surface area contributed by atoms with Gasteiger partial charge in [0.25, 0.3) is 0 Å². The molecule has 0 aromatic heterocycles. The van der Waals surface area contributed by atoms with Crippen LogP contribution in [0.15, 0.2) is 18.2 Å². The van der Waals surface area contributed by atoms with Crippen molar-refractivity contribution in [1.29, 1.82) is 0 Å². The summed E-state index contributed by atoms with van der Waals surface area (Å²) >= 11 is 11.8. The summed E-state index contributed by atoms with van der Waals surface area (Å²) in [5, 5.41) is 42.5. The average molecular weight is 421 g/mol. The number of likely N-dealkylation sites (tertiary alicyclic amines) is 1. The van der Waals surface area contributed by atoms with Crippen LogP contribution in [0.3, 0.4) is 0 Å². The Balaban J connectivity index is 1.68. The van der Waals surface area contributed by atoms with Gasteiger partial charge in [-0.2, -0.15) is 0 Å². The fraction of sp³-hybridized carbons (Fsp3) is 0.611. The van der Waals surface area contributed by atoms with Gasteiger partial charge in [0.05, 0.1) is 35.2 Å². The van der Waals surface area contributed by atoms with Gasteiger partial charge >= 0.3 is 0 Å². The van der Waals surface area contributed by atoms with Gasteiger partial charge in [-0.15, -0.1) is 0 Å². The van der Waals surface area contributed by atoms with Crippen molar-refractivity contribution in [3.8, 4) is 0 Å². The van der Waals surface area contributed by atoms with E-state index < -0.39 is 24.4 Å². The van der Waals surface area contributed by atoms with E-state index >= 15 is 0 Å². The zero-order valence-electron chi connectivity index (χ0n) is 14.9. The van der Waals surface area contributed by atoms with E-state index in [1.54, 1.807) is 23.1 Å².